The van der Waals surface area contributed by atoms with Gasteiger partial charge in [0.1, 0.15) is 23.7 Å². The zero-order valence-corrected chi connectivity index (χ0v) is 22.3. The molecule has 0 aromatic carbocycles. The van der Waals surface area contributed by atoms with Gasteiger partial charge in [0, 0.05) is 51.3 Å². The predicted octanol–water partition coefficient (Wildman–Crippen LogP) is 3.29. The fourth-order valence-electron chi connectivity index (χ4n) is 4.36. The summed E-state index contributed by atoms with van der Waals surface area (Å²) in [6.07, 6.45) is 6.65. The van der Waals surface area contributed by atoms with Gasteiger partial charge in [-0.2, -0.15) is 5.26 Å². The Balaban J connectivity index is 0.00000336. The summed E-state index contributed by atoms with van der Waals surface area (Å²) in [4.78, 5) is 22.6. The summed E-state index contributed by atoms with van der Waals surface area (Å²) in [6, 6.07) is 7.49. The van der Waals surface area contributed by atoms with Crippen molar-refractivity contribution in [1.29, 1.82) is 5.26 Å². The van der Waals surface area contributed by atoms with Gasteiger partial charge in [-0.1, -0.05) is 0 Å². The Hall–Kier alpha value is -3.72. The van der Waals surface area contributed by atoms with Crippen molar-refractivity contribution in [2.24, 2.45) is 0 Å². The van der Waals surface area contributed by atoms with Crippen LogP contribution in [0.1, 0.15) is 18.4 Å². The monoisotopic (exact) mass is 538 g/mol. The van der Waals surface area contributed by atoms with Crippen molar-refractivity contribution in [3.63, 3.8) is 0 Å². The molecule has 3 aromatic rings. The van der Waals surface area contributed by atoms with E-state index in [-0.39, 0.29) is 18.5 Å². The standard InChI is InChI=1S/C26H30N8O3.ClH/c1-33-7-9-34(10-8-33)22-16-30-25(14-23(22)35-2)32-26-28-6-3-20(31-26)21-13-18(15-27)24(17-29-21)37-19-4-11-36-12-5-19;/h3,6,13-14,16-17,19H,4-5,7-12H2,1-2H3,(H,28,30,31,32);1H. The predicted molar refractivity (Wildman–Crippen MR) is 145 cm³/mol. The molecule has 2 aliphatic heterocycles. The third kappa shape index (κ3) is 6.39. The third-order valence-corrected chi connectivity index (χ3v) is 6.52. The van der Waals surface area contributed by atoms with E-state index in [1.165, 1.54) is 0 Å². The molecule has 0 spiro atoms. The Morgan fingerprint density at radius 2 is 1.82 bits per heavy atom. The van der Waals surface area contributed by atoms with Crippen LogP contribution in [0.3, 0.4) is 0 Å². The lowest BCUT2D eigenvalue weighted by atomic mass is 10.1. The Kier molecular flexibility index (Phi) is 9.12. The summed E-state index contributed by atoms with van der Waals surface area (Å²) >= 11 is 0. The normalized spacial score (nSPS) is 16.3. The molecule has 11 nitrogen and oxygen atoms in total. The summed E-state index contributed by atoms with van der Waals surface area (Å²) in [5.74, 6) is 2.14. The largest absolute Gasteiger partial charge is 0.494 e. The van der Waals surface area contributed by atoms with Crippen molar-refractivity contribution in [1.82, 2.24) is 24.8 Å². The molecule has 12 heteroatoms. The molecule has 200 valence electrons. The number of pyridine rings is 2. The van der Waals surface area contributed by atoms with Gasteiger partial charge in [-0.15, -0.1) is 12.4 Å². The molecule has 2 fully saturated rings. The number of nitriles is 1. The number of nitrogens with one attached hydrogen (secondary N) is 1. The molecule has 0 amide bonds. The maximum absolute atomic E-state index is 9.69. The van der Waals surface area contributed by atoms with Crippen molar-refractivity contribution >= 4 is 29.9 Å². The molecular formula is C26H31ClN8O3. The van der Waals surface area contributed by atoms with E-state index in [0.29, 0.717) is 47.7 Å². The van der Waals surface area contributed by atoms with Crippen LogP contribution in [0, 0.1) is 11.3 Å². The molecule has 2 aliphatic rings. The first-order valence-corrected chi connectivity index (χ1v) is 12.4. The lowest BCUT2D eigenvalue weighted by molar-refractivity contribution is 0.0253. The fraction of sp³-hybridized carbons (Fsp3) is 0.423. The minimum atomic E-state index is 0. The molecule has 3 aromatic heterocycles. The summed E-state index contributed by atoms with van der Waals surface area (Å²) < 4.78 is 17.0. The number of hydrogen-bond acceptors (Lipinski definition) is 11. The molecule has 5 rings (SSSR count). The number of hydrogen-bond donors (Lipinski definition) is 1. The number of ether oxygens (including phenoxy) is 3. The molecule has 0 atom stereocenters. The van der Waals surface area contributed by atoms with Crippen LogP contribution in [0.15, 0.2) is 36.8 Å². The van der Waals surface area contributed by atoms with E-state index in [0.717, 1.165) is 50.5 Å². The molecule has 2 saturated heterocycles. The zero-order chi connectivity index (χ0) is 25.6. The lowest BCUT2D eigenvalue weighted by Gasteiger charge is -2.34. The SMILES string of the molecule is COc1cc(Nc2nccc(-c3cc(C#N)c(OC4CCOCC4)cn3)n2)ncc1N1CCN(C)CC1.Cl. The van der Waals surface area contributed by atoms with Gasteiger partial charge in [-0.25, -0.2) is 15.0 Å². The molecule has 0 unspecified atom stereocenters. The van der Waals surface area contributed by atoms with Gasteiger partial charge < -0.3 is 29.3 Å². The van der Waals surface area contributed by atoms with E-state index in [1.807, 2.05) is 12.3 Å². The van der Waals surface area contributed by atoms with Crippen LogP contribution in [-0.4, -0.2) is 84.5 Å². The number of likely N-dealkylation sites (N-methyl/N-ethyl adjacent to an activating group) is 1. The van der Waals surface area contributed by atoms with Crippen LogP contribution >= 0.6 is 12.4 Å². The highest BCUT2D eigenvalue weighted by Gasteiger charge is 2.20. The highest BCUT2D eigenvalue weighted by atomic mass is 35.5. The molecule has 0 saturated carbocycles. The molecule has 1 N–H and O–H groups in total. The Morgan fingerprint density at radius 3 is 2.55 bits per heavy atom. The van der Waals surface area contributed by atoms with Crippen molar-refractivity contribution in [3.8, 4) is 29.0 Å². The quantitative estimate of drug-likeness (QED) is 0.476. The van der Waals surface area contributed by atoms with Crippen molar-refractivity contribution in [2.75, 3.05) is 63.8 Å². The number of aromatic nitrogens is 4. The van der Waals surface area contributed by atoms with E-state index in [4.69, 9.17) is 14.2 Å². The molecule has 0 radical (unpaired) electrons. The highest BCUT2D eigenvalue weighted by molar-refractivity contribution is 5.85. The maximum atomic E-state index is 9.69. The van der Waals surface area contributed by atoms with Crippen LogP contribution in [-0.2, 0) is 4.74 Å². The van der Waals surface area contributed by atoms with Gasteiger partial charge in [0.15, 0.2) is 5.75 Å². The first-order valence-electron chi connectivity index (χ1n) is 12.4. The fourth-order valence-corrected chi connectivity index (χ4v) is 4.36. The maximum Gasteiger partial charge on any atom is 0.228 e. The Morgan fingerprint density at radius 1 is 1.03 bits per heavy atom. The Labute approximate surface area is 228 Å². The minimum Gasteiger partial charge on any atom is -0.494 e. The van der Waals surface area contributed by atoms with Gasteiger partial charge in [-0.3, -0.25) is 4.98 Å². The second-order valence-electron chi connectivity index (χ2n) is 9.03. The summed E-state index contributed by atoms with van der Waals surface area (Å²) in [5, 5.41) is 12.8. The summed E-state index contributed by atoms with van der Waals surface area (Å²) in [7, 11) is 3.78. The van der Waals surface area contributed by atoms with Crippen LogP contribution in [0.4, 0.5) is 17.5 Å². The van der Waals surface area contributed by atoms with Crippen molar-refractivity contribution < 1.29 is 14.2 Å². The molecule has 0 bridgehead atoms. The summed E-state index contributed by atoms with van der Waals surface area (Å²) in [6.45, 7) is 5.15. The number of piperazine rings is 1. The number of rotatable bonds is 7. The van der Waals surface area contributed by atoms with Gasteiger partial charge >= 0.3 is 0 Å². The van der Waals surface area contributed by atoms with Crippen LogP contribution < -0.4 is 19.7 Å². The minimum absolute atomic E-state index is 0. The number of halogens is 1. The topological polar surface area (TPSA) is 122 Å². The average Bonchev–Trinajstić information content (AvgIpc) is 2.94. The van der Waals surface area contributed by atoms with E-state index >= 15 is 0 Å². The highest BCUT2D eigenvalue weighted by Crippen LogP contribution is 2.31. The second-order valence-corrected chi connectivity index (χ2v) is 9.03. The van der Waals surface area contributed by atoms with Gasteiger partial charge in [0.05, 0.1) is 55.4 Å². The Bertz CT molecular complexity index is 1270. The molecule has 0 aliphatic carbocycles. The van der Waals surface area contributed by atoms with E-state index in [9.17, 15) is 5.26 Å². The van der Waals surface area contributed by atoms with Gasteiger partial charge in [0.25, 0.3) is 0 Å². The van der Waals surface area contributed by atoms with Crippen molar-refractivity contribution in [2.45, 2.75) is 18.9 Å². The van der Waals surface area contributed by atoms with Crippen LogP contribution in [0.2, 0.25) is 0 Å². The smallest absolute Gasteiger partial charge is 0.228 e. The lowest BCUT2D eigenvalue weighted by Crippen LogP contribution is -2.44. The van der Waals surface area contributed by atoms with Crippen LogP contribution in [0.5, 0.6) is 11.5 Å². The number of methoxy groups -OCH3 is 1. The third-order valence-electron chi connectivity index (χ3n) is 6.52. The van der Waals surface area contributed by atoms with Crippen molar-refractivity contribution in [3.05, 3.63) is 42.4 Å². The summed E-state index contributed by atoms with van der Waals surface area (Å²) in [5.41, 5.74) is 2.51. The van der Waals surface area contributed by atoms with E-state index in [1.54, 1.807) is 31.6 Å². The first kappa shape index (κ1) is 27.3. The van der Waals surface area contributed by atoms with E-state index < -0.39 is 0 Å². The first-order chi connectivity index (χ1) is 18.1. The zero-order valence-electron chi connectivity index (χ0n) is 21.5. The van der Waals surface area contributed by atoms with Gasteiger partial charge in [-0.05, 0) is 19.2 Å². The molecule has 5 heterocycles. The number of anilines is 3. The van der Waals surface area contributed by atoms with Crippen LogP contribution in [0.25, 0.3) is 11.4 Å². The van der Waals surface area contributed by atoms with Gasteiger partial charge in [0.2, 0.25) is 5.95 Å². The molecular weight excluding hydrogens is 508 g/mol. The van der Waals surface area contributed by atoms with E-state index in [2.05, 4.69) is 48.2 Å². The second kappa shape index (κ2) is 12.7. The molecule has 38 heavy (non-hydrogen) atoms. The average molecular weight is 539 g/mol. The number of nitrogens with zero attached hydrogens (tertiary/aromatic N) is 7.